The van der Waals surface area contributed by atoms with Gasteiger partial charge in [0.15, 0.2) is 5.96 Å². The number of nitrogens with zero attached hydrogens (tertiary/aromatic N) is 1. The maximum atomic E-state index is 6.01. The summed E-state index contributed by atoms with van der Waals surface area (Å²) in [5.74, 6) is 1.90. The quantitative estimate of drug-likeness (QED) is 0.478. The molecule has 2 N–H and O–H groups in total. The molecule has 1 saturated carbocycles. The molecule has 2 aliphatic rings. The molecule has 0 aliphatic heterocycles. The smallest absolute Gasteiger partial charge is 0.191 e. The van der Waals surface area contributed by atoms with Crippen molar-refractivity contribution in [2.45, 2.75) is 57.1 Å². The van der Waals surface area contributed by atoms with E-state index in [-0.39, 0.29) is 0 Å². The highest BCUT2D eigenvalue weighted by molar-refractivity contribution is 5.80. The molecule has 1 aromatic rings. The number of nitrogens with one attached hydrogen (secondary N) is 2. The van der Waals surface area contributed by atoms with Gasteiger partial charge in [-0.15, -0.1) is 0 Å². The van der Waals surface area contributed by atoms with Gasteiger partial charge in [-0.05, 0) is 62.6 Å². The maximum Gasteiger partial charge on any atom is 0.191 e. The zero-order chi connectivity index (χ0) is 16.6. The fourth-order valence-corrected chi connectivity index (χ4v) is 3.38. The van der Waals surface area contributed by atoms with E-state index in [1.165, 1.54) is 31.2 Å². The van der Waals surface area contributed by atoms with E-state index in [4.69, 9.17) is 4.74 Å². The maximum absolute atomic E-state index is 6.01. The fourth-order valence-electron chi connectivity index (χ4n) is 3.38. The van der Waals surface area contributed by atoms with E-state index in [1.54, 1.807) is 0 Å². The predicted octanol–water partition coefficient (Wildman–Crippen LogP) is 3.43. The lowest BCUT2D eigenvalue weighted by molar-refractivity contribution is 0.210. The molecule has 0 unspecified atom stereocenters. The van der Waals surface area contributed by atoms with Gasteiger partial charge in [0, 0.05) is 19.6 Å². The lowest BCUT2D eigenvalue weighted by atomic mass is 10.1. The summed E-state index contributed by atoms with van der Waals surface area (Å²) in [5.41, 5.74) is 1.32. The zero-order valence-corrected chi connectivity index (χ0v) is 14.6. The Balaban J connectivity index is 1.39. The normalized spacial score (nSPS) is 19.0. The molecule has 130 valence electrons. The number of ether oxygens (including phenoxy) is 1. The predicted molar refractivity (Wildman–Crippen MR) is 99.7 cm³/mol. The number of hydrogen-bond donors (Lipinski definition) is 2. The summed E-state index contributed by atoms with van der Waals surface area (Å²) in [6.07, 6.45) is 13.0. The molecule has 1 fully saturated rings. The third kappa shape index (κ3) is 5.02. The van der Waals surface area contributed by atoms with E-state index in [1.807, 2.05) is 7.05 Å². The van der Waals surface area contributed by atoms with Gasteiger partial charge < -0.3 is 15.4 Å². The van der Waals surface area contributed by atoms with Crippen LogP contribution in [0.15, 0.2) is 41.4 Å². The standard InChI is InChI=1S/C20H29N3O/c1-21-20(23-17-6-2-3-7-17)22-15-14-16-10-12-19(13-11-16)24-18-8-4-5-9-18/h2-3,10-13,17-18H,4-9,14-15H2,1H3,(H2,21,22,23). The molecule has 1 aromatic carbocycles. The van der Waals surface area contributed by atoms with Gasteiger partial charge in [0.05, 0.1) is 6.10 Å². The summed E-state index contributed by atoms with van der Waals surface area (Å²) in [5, 5.41) is 6.86. The van der Waals surface area contributed by atoms with Gasteiger partial charge in [0.25, 0.3) is 0 Å². The molecule has 0 amide bonds. The molecule has 0 heterocycles. The monoisotopic (exact) mass is 327 g/mol. The van der Waals surface area contributed by atoms with Crippen molar-refractivity contribution in [1.29, 1.82) is 0 Å². The Morgan fingerprint density at radius 2 is 1.83 bits per heavy atom. The highest BCUT2D eigenvalue weighted by Crippen LogP contribution is 2.24. The van der Waals surface area contributed by atoms with Crippen LogP contribution in [0.1, 0.15) is 44.1 Å². The SMILES string of the molecule is CN=C(NCCc1ccc(OC2CCCC2)cc1)NC1CC=CC1. The molecule has 0 radical (unpaired) electrons. The van der Waals surface area contributed by atoms with Gasteiger partial charge in [-0.3, -0.25) is 4.99 Å². The molecular formula is C20H29N3O. The van der Waals surface area contributed by atoms with Crippen molar-refractivity contribution in [3.8, 4) is 5.75 Å². The van der Waals surface area contributed by atoms with Crippen molar-refractivity contribution in [1.82, 2.24) is 10.6 Å². The van der Waals surface area contributed by atoms with Crippen LogP contribution >= 0.6 is 0 Å². The number of rotatable bonds is 6. The van der Waals surface area contributed by atoms with Crippen LogP contribution in [0.4, 0.5) is 0 Å². The highest BCUT2D eigenvalue weighted by atomic mass is 16.5. The van der Waals surface area contributed by atoms with Gasteiger partial charge in [-0.25, -0.2) is 0 Å². The third-order valence-corrected chi connectivity index (χ3v) is 4.81. The number of guanidine groups is 1. The van der Waals surface area contributed by atoms with Crippen LogP contribution in [0.5, 0.6) is 5.75 Å². The second-order valence-corrected chi connectivity index (χ2v) is 6.70. The molecule has 0 saturated heterocycles. The molecule has 24 heavy (non-hydrogen) atoms. The summed E-state index contributed by atoms with van der Waals surface area (Å²) in [4.78, 5) is 4.30. The van der Waals surface area contributed by atoms with E-state index < -0.39 is 0 Å². The second-order valence-electron chi connectivity index (χ2n) is 6.70. The summed E-state index contributed by atoms with van der Waals surface area (Å²) < 4.78 is 6.01. The number of aliphatic imine (C=N–C) groups is 1. The van der Waals surface area contributed by atoms with Crippen molar-refractivity contribution in [3.63, 3.8) is 0 Å². The van der Waals surface area contributed by atoms with Crippen molar-refractivity contribution in [2.75, 3.05) is 13.6 Å². The summed E-state index contributed by atoms with van der Waals surface area (Å²) in [7, 11) is 1.83. The minimum Gasteiger partial charge on any atom is -0.490 e. The Bertz CT molecular complexity index is 551. The van der Waals surface area contributed by atoms with Gasteiger partial charge in [0.2, 0.25) is 0 Å². The van der Waals surface area contributed by atoms with Crippen LogP contribution in [0.2, 0.25) is 0 Å². The molecule has 3 rings (SSSR count). The van der Waals surface area contributed by atoms with Gasteiger partial charge >= 0.3 is 0 Å². The van der Waals surface area contributed by atoms with Crippen LogP contribution in [0.25, 0.3) is 0 Å². The number of benzene rings is 1. The van der Waals surface area contributed by atoms with Crippen LogP contribution in [-0.4, -0.2) is 31.7 Å². The fraction of sp³-hybridized carbons (Fsp3) is 0.550. The van der Waals surface area contributed by atoms with Gasteiger partial charge in [0.1, 0.15) is 5.75 Å². The first-order valence-electron chi connectivity index (χ1n) is 9.21. The van der Waals surface area contributed by atoms with Crippen molar-refractivity contribution in [2.24, 2.45) is 4.99 Å². The Labute approximate surface area is 145 Å². The largest absolute Gasteiger partial charge is 0.490 e. The van der Waals surface area contributed by atoms with Gasteiger partial charge in [-0.1, -0.05) is 24.3 Å². The van der Waals surface area contributed by atoms with Crippen molar-refractivity contribution < 1.29 is 4.74 Å². The first kappa shape index (κ1) is 16.9. The molecule has 0 bridgehead atoms. The average molecular weight is 327 g/mol. The van der Waals surface area contributed by atoms with E-state index >= 15 is 0 Å². The Morgan fingerprint density at radius 3 is 2.50 bits per heavy atom. The summed E-state index contributed by atoms with van der Waals surface area (Å²) in [6, 6.07) is 9.03. The molecule has 2 aliphatic carbocycles. The highest BCUT2D eigenvalue weighted by Gasteiger charge is 2.16. The summed E-state index contributed by atoms with van der Waals surface area (Å²) >= 11 is 0. The second kappa shape index (κ2) is 8.76. The summed E-state index contributed by atoms with van der Waals surface area (Å²) in [6.45, 7) is 0.878. The van der Waals surface area contributed by atoms with Crippen molar-refractivity contribution >= 4 is 5.96 Å². The van der Waals surface area contributed by atoms with Crippen LogP contribution in [0.3, 0.4) is 0 Å². The molecular weight excluding hydrogens is 298 g/mol. The Morgan fingerprint density at radius 1 is 1.12 bits per heavy atom. The molecule has 4 nitrogen and oxygen atoms in total. The first-order valence-corrected chi connectivity index (χ1v) is 9.21. The third-order valence-electron chi connectivity index (χ3n) is 4.81. The van der Waals surface area contributed by atoms with Crippen molar-refractivity contribution in [3.05, 3.63) is 42.0 Å². The lowest BCUT2D eigenvalue weighted by Gasteiger charge is -2.17. The van der Waals surface area contributed by atoms with E-state index in [0.29, 0.717) is 12.1 Å². The van der Waals surface area contributed by atoms with Crippen LogP contribution < -0.4 is 15.4 Å². The number of hydrogen-bond acceptors (Lipinski definition) is 2. The Hall–Kier alpha value is -1.97. The molecule has 4 heteroatoms. The molecule has 0 atom stereocenters. The Kier molecular flexibility index (Phi) is 6.16. The van der Waals surface area contributed by atoms with Crippen LogP contribution in [0, 0.1) is 0 Å². The topological polar surface area (TPSA) is 45.7 Å². The zero-order valence-electron chi connectivity index (χ0n) is 14.6. The average Bonchev–Trinajstić information content (AvgIpc) is 3.29. The van der Waals surface area contributed by atoms with E-state index in [0.717, 1.165) is 37.5 Å². The lowest BCUT2D eigenvalue weighted by Crippen LogP contribution is -2.43. The first-order chi connectivity index (χ1) is 11.8. The molecule has 0 aromatic heterocycles. The minimum atomic E-state index is 0.428. The van der Waals surface area contributed by atoms with Crippen LogP contribution in [-0.2, 0) is 6.42 Å². The van der Waals surface area contributed by atoms with E-state index in [2.05, 4.69) is 52.0 Å². The van der Waals surface area contributed by atoms with Gasteiger partial charge in [-0.2, -0.15) is 0 Å². The molecule has 0 spiro atoms. The minimum absolute atomic E-state index is 0.428. The van der Waals surface area contributed by atoms with E-state index in [9.17, 15) is 0 Å².